The third kappa shape index (κ3) is 2.09. The Hall–Kier alpha value is -2.30. The van der Waals surface area contributed by atoms with Gasteiger partial charge in [-0.05, 0) is 45.7 Å². The molecule has 0 spiro atoms. The van der Waals surface area contributed by atoms with Gasteiger partial charge < -0.3 is 14.3 Å². The molecule has 3 heterocycles. The van der Waals surface area contributed by atoms with E-state index >= 15 is 0 Å². The molecule has 1 fully saturated rings. The molecule has 5 nitrogen and oxygen atoms in total. The van der Waals surface area contributed by atoms with Crippen molar-refractivity contribution in [1.29, 1.82) is 0 Å². The molecule has 0 bridgehead atoms. The van der Waals surface area contributed by atoms with Crippen molar-refractivity contribution in [2.75, 3.05) is 5.32 Å². The number of hydrogen-bond donors (Lipinski definition) is 1. The predicted molar refractivity (Wildman–Crippen MR) is 80.4 cm³/mol. The quantitative estimate of drug-likeness (QED) is 0.787. The zero-order valence-corrected chi connectivity index (χ0v) is 12.4. The van der Waals surface area contributed by atoms with Crippen LogP contribution in [0.3, 0.4) is 0 Å². The average molecular weight is 283 g/mol. The number of nitrogens with zero attached hydrogens (tertiary/aromatic N) is 2. The van der Waals surface area contributed by atoms with Crippen LogP contribution in [-0.4, -0.2) is 16.2 Å². The second-order valence-corrected chi connectivity index (χ2v) is 5.75. The lowest BCUT2D eigenvalue weighted by atomic mass is 10.1. The summed E-state index contributed by atoms with van der Waals surface area (Å²) < 4.78 is 11.1. The first-order valence-corrected chi connectivity index (χ1v) is 7.23. The van der Waals surface area contributed by atoms with Crippen molar-refractivity contribution in [3.05, 3.63) is 29.3 Å². The van der Waals surface area contributed by atoms with Gasteiger partial charge in [-0.2, -0.15) is 0 Å². The zero-order chi connectivity index (χ0) is 14.6. The SMILES string of the molecule is Cc1cc2cc(-c3c(C)noc3C)nc(NC3CC3)c2o1. The summed E-state index contributed by atoms with van der Waals surface area (Å²) in [6, 6.07) is 4.60. The highest BCUT2D eigenvalue weighted by Crippen LogP contribution is 2.35. The molecule has 108 valence electrons. The number of rotatable bonds is 3. The summed E-state index contributed by atoms with van der Waals surface area (Å²) >= 11 is 0. The second-order valence-electron chi connectivity index (χ2n) is 5.75. The lowest BCUT2D eigenvalue weighted by Gasteiger charge is -2.07. The summed E-state index contributed by atoms with van der Waals surface area (Å²) in [5.74, 6) is 2.50. The van der Waals surface area contributed by atoms with E-state index in [1.165, 1.54) is 12.8 Å². The Morgan fingerprint density at radius 3 is 2.67 bits per heavy atom. The molecule has 1 aliphatic rings. The molecule has 1 N–H and O–H groups in total. The molecular formula is C16H17N3O2. The maximum Gasteiger partial charge on any atom is 0.176 e. The van der Waals surface area contributed by atoms with E-state index in [1.807, 2.05) is 32.9 Å². The molecule has 3 aromatic rings. The summed E-state index contributed by atoms with van der Waals surface area (Å²) in [4.78, 5) is 4.75. The van der Waals surface area contributed by atoms with Crippen LogP contribution in [0.4, 0.5) is 5.82 Å². The highest BCUT2D eigenvalue weighted by atomic mass is 16.5. The Balaban J connectivity index is 1.93. The fourth-order valence-corrected chi connectivity index (χ4v) is 2.67. The van der Waals surface area contributed by atoms with Gasteiger partial charge in [0, 0.05) is 11.4 Å². The van der Waals surface area contributed by atoms with E-state index in [2.05, 4.69) is 10.5 Å². The molecule has 0 radical (unpaired) electrons. The van der Waals surface area contributed by atoms with Gasteiger partial charge in [-0.3, -0.25) is 0 Å². The van der Waals surface area contributed by atoms with Crippen molar-refractivity contribution in [2.24, 2.45) is 0 Å². The molecule has 3 aromatic heterocycles. The first-order chi connectivity index (χ1) is 10.1. The Morgan fingerprint density at radius 1 is 1.19 bits per heavy atom. The number of hydrogen-bond acceptors (Lipinski definition) is 5. The van der Waals surface area contributed by atoms with E-state index in [0.29, 0.717) is 6.04 Å². The molecule has 1 aliphatic carbocycles. The molecule has 0 aliphatic heterocycles. The smallest absolute Gasteiger partial charge is 0.176 e. The Kier molecular flexibility index (Phi) is 2.58. The molecule has 4 rings (SSSR count). The molecule has 5 heteroatoms. The Morgan fingerprint density at radius 2 is 2.00 bits per heavy atom. The lowest BCUT2D eigenvalue weighted by Crippen LogP contribution is -2.04. The normalized spacial score (nSPS) is 14.8. The van der Waals surface area contributed by atoms with Gasteiger partial charge in [0.1, 0.15) is 11.5 Å². The van der Waals surface area contributed by atoms with Gasteiger partial charge in [0.25, 0.3) is 0 Å². The van der Waals surface area contributed by atoms with Crippen LogP contribution in [0, 0.1) is 20.8 Å². The Bertz CT molecular complexity index is 808. The first kappa shape index (κ1) is 12.4. The third-order valence-electron chi connectivity index (χ3n) is 3.83. The van der Waals surface area contributed by atoms with E-state index < -0.39 is 0 Å². The van der Waals surface area contributed by atoms with Gasteiger partial charge in [0.2, 0.25) is 0 Å². The highest BCUT2D eigenvalue weighted by molar-refractivity contribution is 5.91. The van der Waals surface area contributed by atoms with Crippen molar-refractivity contribution in [1.82, 2.24) is 10.1 Å². The lowest BCUT2D eigenvalue weighted by molar-refractivity contribution is 0.393. The molecule has 0 saturated heterocycles. The van der Waals surface area contributed by atoms with Crippen LogP contribution >= 0.6 is 0 Å². The highest BCUT2D eigenvalue weighted by Gasteiger charge is 2.24. The van der Waals surface area contributed by atoms with Crippen molar-refractivity contribution >= 4 is 16.8 Å². The number of pyridine rings is 1. The standard InChI is InChI=1S/C16H17N3O2/c1-8-6-11-7-13(14-9(2)19-21-10(14)3)18-16(15(11)20-8)17-12-4-5-12/h6-7,12H,4-5H2,1-3H3,(H,17,18). The molecule has 21 heavy (non-hydrogen) atoms. The van der Waals surface area contributed by atoms with Crippen molar-refractivity contribution in [3.8, 4) is 11.3 Å². The third-order valence-corrected chi connectivity index (χ3v) is 3.83. The van der Waals surface area contributed by atoms with Gasteiger partial charge >= 0.3 is 0 Å². The van der Waals surface area contributed by atoms with Crippen LogP contribution in [0.25, 0.3) is 22.2 Å². The van der Waals surface area contributed by atoms with E-state index in [1.54, 1.807) is 0 Å². The topological polar surface area (TPSA) is 64.1 Å². The molecule has 0 unspecified atom stereocenters. The van der Waals surface area contributed by atoms with Gasteiger partial charge in [-0.1, -0.05) is 5.16 Å². The van der Waals surface area contributed by atoms with E-state index in [0.717, 1.165) is 45.3 Å². The summed E-state index contributed by atoms with van der Waals surface area (Å²) in [5, 5.41) is 8.54. The molecule has 0 atom stereocenters. The van der Waals surface area contributed by atoms with Crippen LogP contribution < -0.4 is 5.32 Å². The monoisotopic (exact) mass is 283 g/mol. The minimum Gasteiger partial charge on any atom is -0.457 e. The predicted octanol–water partition coefficient (Wildman–Crippen LogP) is 3.98. The second kappa shape index (κ2) is 4.35. The van der Waals surface area contributed by atoms with Crippen molar-refractivity contribution in [3.63, 3.8) is 0 Å². The van der Waals surface area contributed by atoms with Crippen LogP contribution in [0.15, 0.2) is 21.1 Å². The van der Waals surface area contributed by atoms with Crippen LogP contribution in [0.2, 0.25) is 0 Å². The number of fused-ring (bicyclic) bond motifs is 1. The summed E-state index contributed by atoms with van der Waals surface area (Å²) in [5.41, 5.74) is 3.53. The fourth-order valence-electron chi connectivity index (χ4n) is 2.67. The van der Waals surface area contributed by atoms with Gasteiger partial charge in [0.15, 0.2) is 11.4 Å². The number of furan rings is 1. The number of aromatic nitrogens is 2. The van der Waals surface area contributed by atoms with Crippen molar-refractivity contribution in [2.45, 2.75) is 39.7 Å². The number of aryl methyl sites for hydroxylation is 3. The zero-order valence-electron chi connectivity index (χ0n) is 12.4. The molecule has 1 saturated carbocycles. The minimum atomic E-state index is 0.519. The van der Waals surface area contributed by atoms with Gasteiger partial charge in [-0.25, -0.2) is 4.98 Å². The van der Waals surface area contributed by atoms with Crippen LogP contribution in [0.1, 0.15) is 30.1 Å². The molecule has 0 aromatic carbocycles. The summed E-state index contributed by atoms with van der Waals surface area (Å²) in [6.45, 7) is 5.80. The van der Waals surface area contributed by atoms with Crippen LogP contribution in [-0.2, 0) is 0 Å². The largest absolute Gasteiger partial charge is 0.457 e. The molecule has 0 amide bonds. The van der Waals surface area contributed by atoms with Gasteiger partial charge in [-0.15, -0.1) is 0 Å². The van der Waals surface area contributed by atoms with E-state index in [9.17, 15) is 0 Å². The Labute approximate surface area is 122 Å². The fraction of sp³-hybridized carbons (Fsp3) is 0.375. The summed E-state index contributed by atoms with van der Waals surface area (Å²) in [6.07, 6.45) is 2.39. The average Bonchev–Trinajstić information content (AvgIpc) is 3.07. The number of anilines is 1. The van der Waals surface area contributed by atoms with E-state index in [-0.39, 0.29) is 0 Å². The van der Waals surface area contributed by atoms with Gasteiger partial charge in [0.05, 0.1) is 17.0 Å². The number of nitrogens with one attached hydrogen (secondary N) is 1. The molecular weight excluding hydrogens is 266 g/mol. The maximum absolute atomic E-state index is 5.80. The van der Waals surface area contributed by atoms with Crippen molar-refractivity contribution < 1.29 is 8.94 Å². The summed E-state index contributed by atoms with van der Waals surface area (Å²) in [7, 11) is 0. The maximum atomic E-state index is 5.80. The minimum absolute atomic E-state index is 0.519. The first-order valence-electron chi connectivity index (χ1n) is 7.23. The van der Waals surface area contributed by atoms with Crippen LogP contribution in [0.5, 0.6) is 0 Å². The van der Waals surface area contributed by atoms with E-state index in [4.69, 9.17) is 13.9 Å².